The Labute approximate surface area is 183 Å². The van der Waals surface area contributed by atoms with Crippen LogP contribution in [0.15, 0.2) is 29.2 Å². The molecule has 0 bridgehead atoms. The first-order valence-corrected chi connectivity index (χ1v) is 11.7. The maximum Gasteiger partial charge on any atom is 0.253 e. The number of carbonyl (C=O) groups is 2. The predicted molar refractivity (Wildman–Crippen MR) is 117 cm³/mol. The summed E-state index contributed by atoms with van der Waals surface area (Å²) in [4.78, 5) is 25.8. The molecule has 0 spiro atoms. The normalized spacial score (nSPS) is 15.4. The summed E-state index contributed by atoms with van der Waals surface area (Å²) in [5.41, 5.74) is 2.23. The molecule has 1 saturated heterocycles. The third kappa shape index (κ3) is 4.64. The van der Waals surface area contributed by atoms with Gasteiger partial charge in [-0.2, -0.15) is 9.40 Å². The number of rotatable bonds is 5. The van der Waals surface area contributed by atoms with Crippen molar-refractivity contribution in [2.75, 3.05) is 31.5 Å². The Balaban J connectivity index is 1.70. The van der Waals surface area contributed by atoms with Crippen LogP contribution in [-0.2, 0) is 14.8 Å². The molecule has 1 aromatic carbocycles. The largest absolute Gasteiger partial charge is 0.336 e. The molecule has 1 aliphatic heterocycles. The number of benzene rings is 1. The third-order valence-corrected chi connectivity index (χ3v) is 7.48. The fourth-order valence-electron chi connectivity index (χ4n) is 3.87. The average molecular weight is 448 g/mol. The molecule has 0 saturated carbocycles. The molecule has 2 amide bonds. The lowest BCUT2D eigenvalue weighted by molar-refractivity contribution is -0.114. The number of nitrogens with zero attached hydrogens (tertiary/aromatic N) is 4. The van der Waals surface area contributed by atoms with Crippen LogP contribution in [0.2, 0.25) is 0 Å². The lowest BCUT2D eigenvalue weighted by atomic mass is 10.1. The highest BCUT2D eigenvalue weighted by Crippen LogP contribution is 2.26. The number of carbonyl (C=O) groups excluding carboxylic acids is 2. The van der Waals surface area contributed by atoms with Crippen LogP contribution in [0.4, 0.5) is 5.69 Å². The summed E-state index contributed by atoms with van der Waals surface area (Å²) < 4.78 is 29.7. The van der Waals surface area contributed by atoms with Crippen molar-refractivity contribution in [3.8, 4) is 0 Å². The van der Waals surface area contributed by atoms with E-state index in [-0.39, 0.29) is 35.8 Å². The summed E-state index contributed by atoms with van der Waals surface area (Å²) in [7, 11) is -3.70. The third-order valence-electron chi connectivity index (χ3n) is 5.32. The van der Waals surface area contributed by atoms with Gasteiger partial charge in [0.05, 0.1) is 11.4 Å². The first-order valence-electron chi connectivity index (χ1n) is 10.2. The Kier molecular flexibility index (Phi) is 6.51. The van der Waals surface area contributed by atoms with Crippen LogP contribution in [-0.4, -0.2) is 65.4 Å². The second-order valence-corrected chi connectivity index (χ2v) is 9.87. The zero-order chi connectivity index (χ0) is 22.9. The number of piperazine rings is 1. The van der Waals surface area contributed by atoms with Gasteiger partial charge in [-0.15, -0.1) is 0 Å². The van der Waals surface area contributed by atoms with Gasteiger partial charge in [0.1, 0.15) is 4.90 Å². The minimum Gasteiger partial charge on any atom is -0.336 e. The van der Waals surface area contributed by atoms with E-state index in [1.807, 2.05) is 13.8 Å². The average Bonchev–Trinajstić information content (AvgIpc) is 3.02. The monoisotopic (exact) mass is 447 g/mol. The zero-order valence-corrected chi connectivity index (χ0v) is 19.4. The van der Waals surface area contributed by atoms with E-state index in [0.29, 0.717) is 35.7 Å². The minimum absolute atomic E-state index is 0.0640. The number of anilines is 1. The highest BCUT2D eigenvalue weighted by atomic mass is 32.2. The van der Waals surface area contributed by atoms with E-state index < -0.39 is 10.0 Å². The summed E-state index contributed by atoms with van der Waals surface area (Å²) in [5, 5.41) is 7.06. The molecule has 168 valence electrons. The van der Waals surface area contributed by atoms with Gasteiger partial charge in [-0.3, -0.25) is 14.3 Å². The minimum atomic E-state index is -3.70. The van der Waals surface area contributed by atoms with Crippen molar-refractivity contribution in [2.45, 2.75) is 45.6 Å². The van der Waals surface area contributed by atoms with Gasteiger partial charge in [0.25, 0.3) is 5.91 Å². The van der Waals surface area contributed by atoms with E-state index in [0.717, 1.165) is 0 Å². The number of aromatic nitrogens is 2. The van der Waals surface area contributed by atoms with Gasteiger partial charge < -0.3 is 10.2 Å². The van der Waals surface area contributed by atoms with Crippen molar-refractivity contribution >= 4 is 27.5 Å². The molecule has 10 heteroatoms. The van der Waals surface area contributed by atoms with Crippen LogP contribution in [0, 0.1) is 13.8 Å². The van der Waals surface area contributed by atoms with Crippen LogP contribution in [0.1, 0.15) is 48.6 Å². The van der Waals surface area contributed by atoms with Gasteiger partial charge in [0.15, 0.2) is 0 Å². The van der Waals surface area contributed by atoms with Gasteiger partial charge in [0, 0.05) is 50.4 Å². The SMILES string of the molecule is CC(=O)Nc1ccc(C(=O)N2CCN(S(=O)(=O)c3c(C)nn(C(C)C)c3C)CC2)cc1. The summed E-state index contributed by atoms with van der Waals surface area (Å²) in [6, 6.07) is 6.72. The van der Waals surface area contributed by atoms with Crippen LogP contribution < -0.4 is 5.32 Å². The standard InChI is InChI=1S/C21H29N5O4S/c1-14(2)26-16(4)20(15(3)23-26)31(29,30)25-12-10-24(11-13-25)21(28)18-6-8-19(9-7-18)22-17(5)27/h6-9,14H,10-13H2,1-5H3,(H,22,27). The van der Waals surface area contributed by atoms with Crippen LogP contribution >= 0.6 is 0 Å². The molecular weight excluding hydrogens is 418 g/mol. The lowest BCUT2D eigenvalue weighted by Gasteiger charge is -2.34. The van der Waals surface area contributed by atoms with Gasteiger partial charge in [-0.25, -0.2) is 8.42 Å². The second-order valence-electron chi connectivity index (χ2n) is 7.99. The number of aryl methyl sites for hydroxylation is 1. The number of hydrogen-bond donors (Lipinski definition) is 1. The molecule has 3 rings (SSSR count). The summed E-state index contributed by atoms with van der Waals surface area (Å²) in [5.74, 6) is -0.341. The number of hydrogen-bond acceptors (Lipinski definition) is 5. The number of sulfonamides is 1. The highest BCUT2D eigenvalue weighted by Gasteiger charge is 2.34. The molecule has 9 nitrogen and oxygen atoms in total. The van der Waals surface area contributed by atoms with E-state index in [4.69, 9.17) is 0 Å². The fourth-order valence-corrected chi connectivity index (χ4v) is 5.65. The molecule has 0 atom stereocenters. The molecule has 0 radical (unpaired) electrons. The Hall–Kier alpha value is -2.72. The molecule has 1 aromatic heterocycles. The van der Waals surface area contributed by atoms with Crippen molar-refractivity contribution < 1.29 is 18.0 Å². The van der Waals surface area contributed by atoms with E-state index in [2.05, 4.69) is 10.4 Å². The van der Waals surface area contributed by atoms with E-state index in [1.165, 1.54) is 11.2 Å². The predicted octanol–water partition coefficient (Wildman–Crippen LogP) is 2.19. The highest BCUT2D eigenvalue weighted by molar-refractivity contribution is 7.89. The Morgan fingerprint density at radius 1 is 1.03 bits per heavy atom. The number of nitrogens with one attached hydrogen (secondary N) is 1. The molecular formula is C21H29N5O4S. The Morgan fingerprint density at radius 2 is 1.61 bits per heavy atom. The maximum atomic E-state index is 13.3. The van der Waals surface area contributed by atoms with Gasteiger partial charge in [-0.1, -0.05) is 0 Å². The first kappa shape index (κ1) is 23.0. The smallest absolute Gasteiger partial charge is 0.253 e. The topological polar surface area (TPSA) is 105 Å². The number of amides is 2. The summed E-state index contributed by atoms with van der Waals surface area (Å²) >= 11 is 0. The second kappa shape index (κ2) is 8.80. The van der Waals surface area contributed by atoms with Gasteiger partial charge >= 0.3 is 0 Å². The zero-order valence-electron chi connectivity index (χ0n) is 18.5. The van der Waals surface area contributed by atoms with Gasteiger partial charge in [0.2, 0.25) is 15.9 Å². The van der Waals surface area contributed by atoms with Crippen molar-refractivity contribution in [3.05, 3.63) is 41.2 Å². The molecule has 0 unspecified atom stereocenters. The Morgan fingerprint density at radius 3 is 2.10 bits per heavy atom. The maximum absolute atomic E-state index is 13.3. The van der Waals surface area contributed by atoms with Crippen molar-refractivity contribution in [3.63, 3.8) is 0 Å². The quantitative estimate of drug-likeness (QED) is 0.757. The van der Waals surface area contributed by atoms with E-state index in [1.54, 1.807) is 47.7 Å². The molecule has 2 aromatic rings. The first-order chi connectivity index (χ1) is 14.5. The summed E-state index contributed by atoms with van der Waals surface area (Å²) in [6.45, 7) is 9.90. The van der Waals surface area contributed by atoms with Crippen molar-refractivity contribution in [1.29, 1.82) is 0 Å². The van der Waals surface area contributed by atoms with Crippen molar-refractivity contribution in [2.24, 2.45) is 0 Å². The van der Waals surface area contributed by atoms with E-state index in [9.17, 15) is 18.0 Å². The molecule has 2 heterocycles. The van der Waals surface area contributed by atoms with Crippen LogP contribution in [0.5, 0.6) is 0 Å². The summed E-state index contributed by atoms with van der Waals surface area (Å²) in [6.07, 6.45) is 0. The van der Waals surface area contributed by atoms with Crippen molar-refractivity contribution in [1.82, 2.24) is 19.0 Å². The molecule has 1 fully saturated rings. The molecule has 1 N–H and O–H groups in total. The molecule has 0 aliphatic carbocycles. The lowest BCUT2D eigenvalue weighted by Crippen LogP contribution is -2.50. The Bertz CT molecular complexity index is 1080. The molecule has 31 heavy (non-hydrogen) atoms. The van der Waals surface area contributed by atoms with Crippen LogP contribution in [0.3, 0.4) is 0 Å². The van der Waals surface area contributed by atoms with Gasteiger partial charge in [-0.05, 0) is 52.0 Å². The molecule has 1 aliphatic rings. The fraction of sp³-hybridized carbons (Fsp3) is 0.476. The van der Waals surface area contributed by atoms with E-state index >= 15 is 0 Å². The van der Waals surface area contributed by atoms with Crippen LogP contribution in [0.25, 0.3) is 0 Å².